The maximum atomic E-state index is 14.4. The van der Waals surface area contributed by atoms with E-state index in [0.717, 1.165) is 38.8 Å². The third-order valence-corrected chi connectivity index (χ3v) is 9.24. The molecule has 0 N–H and O–H groups in total. The fourth-order valence-corrected chi connectivity index (χ4v) is 6.96. The number of hydrogen-bond acceptors (Lipinski definition) is 6. The number of carbonyl (C=O) groups is 1. The van der Waals surface area contributed by atoms with E-state index in [1.165, 1.54) is 11.3 Å². The van der Waals surface area contributed by atoms with Crippen LogP contribution in [-0.2, 0) is 4.79 Å². The Balaban J connectivity index is 1.84. The van der Waals surface area contributed by atoms with Crippen molar-refractivity contribution in [3.05, 3.63) is 102 Å². The van der Waals surface area contributed by atoms with Crippen LogP contribution < -0.4 is 24.4 Å². The Hall–Kier alpha value is -4.17. The number of nitrogens with zero attached hydrogens (tertiary/aromatic N) is 3. The molecule has 1 aromatic heterocycles. The molecule has 5 rings (SSSR count). The number of ether oxygens (including phenoxy) is 2. The predicted octanol–water partition coefficient (Wildman–Crippen LogP) is 5.71. The molecule has 224 valence electrons. The van der Waals surface area contributed by atoms with Crippen LogP contribution in [0.2, 0.25) is 0 Å². The lowest BCUT2D eigenvalue weighted by molar-refractivity contribution is -0.127. The van der Waals surface area contributed by atoms with Gasteiger partial charge in [0.05, 0.1) is 30.0 Å². The summed E-state index contributed by atoms with van der Waals surface area (Å²) in [5, 5.41) is 1.92. The summed E-state index contributed by atoms with van der Waals surface area (Å²) in [4.78, 5) is 35.8. The number of likely N-dealkylation sites (N-methyl/N-ethyl adjacent to an activating group) is 1. The SMILES string of the molecule is CCN(CC)C(=O)C1=C(C)N=c2s/c(=C/c3cc(C(C)C)c(OC)cc3C)c(=O)n2[C@@H]1c1c(OC)ccc2ccccc12. The minimum atomic E-state index is -0.712. The molecule has 0 saturated carbocycles. The van der Waals surface area contributed by atoms with Crippen LogP contribution in [0.15, 0.2) is 69.6 Å². The fraction of sp³-hybridized carbons (Fsp3) is 0.343. The van der Waals surface area contributed by atoms with Crippen molar-refractivity contribution in [2.45, 2.75) is 53.5 Å². The summed E-state index contributed by atoms with van der Waals surface area (Å²) in [6.45, 7) is 13.1. The second kappa shape index (κ2) is 12.2. The molecule has 0 aliphatic carbocycles. The highest BCUT2D eigenvalue weighted by molar-refractivity contribution is 7.07. The van der Waals surface area contributed by atoms with Gasteiger partial charge < -0.3 is 14.4 Å². The normalized spacial score (nSPS) is 15.1. The molecule has 4 aromatic rings. The zero-order chi connectivity index (χ0) is 31.0. The first-order valence-corrected chi connectivity index (χ1v) is 15.5. The quantitative estimate of drug-likeness (QED) is 0.261. The van der Waals surface area contributed by atoms with E-state index in [4.69, 9.17) is 14.5 Å². The number of methoxy groups -OCH3 is 2. The van der Waals surface area contributed by atoms with Crippen molar-refractivity contribution < 1.29 is 14.3 Å². The van der Waals surface area contributed by atoms with Crippen molar-refractivity contribution >= 4 is 34.1 Å². The van der Waals surface area contributed by atoms with Gasteiger partial charge in [-0.15, -0.1) is 0 Å². The average Bonchev–Trinajstić information content (AvgIpc) is 3.30. The van der Waals surface area contributed by atoms with Gasteiger partial charge in [0.25, 0.3) is 11.5 Å². The number of aryl methyl sites for hydroxylation is 1. The van der Waals surface area contributed by atoms with E-state index in [1.54, 1.807) is 23.7 Å². The maximum absolute atomic E-state index is 14.4. The van der Waals surface area contributed by atoms with Crippen LogP contribution in [0.5, 0.6) is 11.5 Å². The number of benzene rings is 3. The molecular weight excluding hydrogens is 558 g/mol. The van der Waals surface area contributed by atoms with Crippen LogP contribution in [0.4, 0.5) is 0 Å². The van der Waals surface area contributed by atoms with Crippen molar-refractivity contribution in [1.29, 1.82) is 0 Å². The summed E-state index contributed by atoms with van der Waals surface area (Å²) in [6, 6.07) is 15.3. The van der Waals surface area contributed by atoms with Crippen LogP contribution in [-0.4, -0.2) is 42.7 Å². The van der Waals surface area contributed by atoms with Gasteiger partial charge >= 0.3 is 0 Å². The van der Waals surface area contributed by atoms with Gasteiger partial charge in [0.1, 0.15) is 17.5 Å². The molecular formula is C35H39N3O4S. The lowest BCUT2D eigenvalue weighted by Gasteiger charge is -2.30. The van der Waals surface area contributed by atoms with Gasteiger partial charge in [-0.1, -0.05) is 55.5 Å². The van der Waals surface area contributed by atoms with E-state index in [-0.39, 0.29) is 17.4 Å². The minimum absolute atomic E-state index is 0.131. The summed E-state index contributed by atoms with van der Waals surface area (Å²) in [5.41, 5.74) is 4.71. The third-order valence-electron chi connectivity index (χ3n) is 8.25. The topological polar surface area (TPSA) is 73.1 Å². The van der Waals surface area contributed by atoms with E-state index in [0.29, 0.717) is 39.4 Å². The molecule has 1 aliphatic heterocycles. The van der Waals surface area contributed by atoms with Gasteiger partial charge in [-0.2, -0.15) is 0 Å². The number of rotatable bonds is 8. The highest BCUT2D eigenvalue weighted by atomic mass is 32.1. The minimum Gasteiger partial charge on any atom is -0.496 e. The van der Waals surface area contributed by atoms with E-state index in [9.17, 15) is 9.59 Å². The first-order chi connectivity index (χ1) is 20.6. The molecule has 2 heterocycles. The third kappa shape index (κ3) is 5.29. The molecule has 0 spiro atoms. The molecule has 7 nitrogen and oxygen atoms in total. The predicted molar refractivity (Wildman–Crippen MR) is 174 cm³/mol. The zero-order valence-electron chi connectivity index (χ0n) is 26.1. The number of thiazole rings is 1. The van der Waals surface area contributed by atoms with Gasteiger partial charge in [-0.3, -0.25) is 14.2 Å². The summed E-state index contributed by atoms with van der Waals surface area (Å²) < 4.78 is 13.8. The molecule has 0 unspecified atom stereocenters. The molecule has 1 atom stereocenters. The highest BCUT2D eigenvalue weighted by Gasteiger charge is 2.36. The smallest absolute Gasteiger partial charge is 0.271 e. The number of allylic oxidation sites excluding steroid dienone is 1. The second-order valence-corrected chi connectivity index (χ2v) is 12.1. The van der Waals surface area contributed by atoms with Gasteiger partial charge in [0.2, 0.25) is 0 Å². The molecule has 3 aromatic carbocycles. The molecule has 43 heavy (non-hydrogen) atoms. The van der Waals surface area contributed by atoms with Crippen LogP contribution in [0.1, 0.15) is 68.8 Å². The number of carbonyl (C=O) groups excluding carboxylic acids is 1. The first kappa shape index (κ1) is 30.3. The van der Waals surface area contributed by atoms with Gasteiger partial charge in [-0.25, -0.2) is 4.99 Å². The van der Waals surface area contributed by atoms with Crippen LogP contribution in [0, 0.1) is 6.92 Å². The van der Waals surface area contributed by atoms with Gasteiger partial charge in [0.15, 0.2) is 4.80 Å². The van der Waals surface area contributed by atoms with Crippen molar-refractivity contribution in [2.75, 3.05) is 27.3 Å². The summed E-state index contributed by atoms with van der Waals surface area (Å²) in [6.07, 6.45) is 1.94. The molecule has 8 heteroatoms. The number of aromatic nitrogens is 1. The summed E-state index contributed by atoms with van der Waals surface area (Å²) >= 11 is 1.34. The van der Waals surface area contributed by atoms with E-state index in [2.05, 4.69) is 19.9 Å². The highest BCUT2D eigenvalue weighted by Crippen LogP contribution is 2.40. The Morgan fingerprint density at radius 2 is 1.74 bits per heavy atom. The Kier molecular flexibility index (Phi) is 8.60. The maximum Gasteiger partial charge on any atom is 0.271 e. The largest absolute Gasteiger partial charge is 0.496 e. The molecule has 0 fully saturated rings. The van der Waals surface area contributed by atoms with Crippen molar-refractivity contribution in [3.63, 3.8) is 0 Å². The molecule has 0 radical (unpaired) electrons. The first-order valence-electron chi connectivity index (χ1n) is 14.7. The Morgan fingerprint density at radius 3 is 2.40 bits per heavy atom. The lowest BCUT2D eigenvalue weighted by atomic mass is 9.90. The number of hydrogen-bond donors (Lipinski definition) is 0. The van der Waals surface area contributed by atoms with E-state index in [1.807, 2.05) is 76.2 Å². The van der Waals surface area contributed by atoms with Gasteiger partial charge in [0, 0.05) is 18.7 Å². The number of amides is 1. The van der Waals surface area contributed by atoms with Crippen molar-refractivity contribution in [2.24, 2.45) is 4.99 Å². The summed E-state index contributed by atoms with van der Waals surface area (Å²) in [7, 11) is 3.30. The van der Waals surface area contributed by atoms with E-state index < -0.39 is 6.04 Å². The molecule has 1 amide bonds. The number of fused-ring (bicyclic) bond motifs is 2. The second-order valence-electron chi connectivity index (χ2n) is 11.1. The Morgan fingerprint density at radius 1 is 1.05 bits per heavy atom. The van der Waals surface area contributed by atoms with Gasteiger partial charge in [-0.05, 0) is 85.4 Å². The lowest BCUT2D eigenvalue weighted by Crippen LogP contribution is -2.43. The Bertz CT molecular complexity index is 1930. The summed E-state index contributed by atoms with van der Waals surface area (Å²) in [5.74, 6) is 1.57. The molecule has 1 aliphatic rings. The monoisotopic (exact) mass is 597 g/mol. The van der Waals surface area contributed by atoms with Crippen molar-refractivity contribution in [1.82, 2.24) is 9.47 Å². The van der Waals surface area contributed by atoms with Crippen LogP contribution in [0.3, 0.4) is 0 Å². The molecule has 0 saturated heterocycles. The fourth-order valence-electron chi connectivity index (χ4n) is 5.93. The van der Waals surface area contributed by atoms with E-state index >= 15 is 0 Å². The van der Waals surface area contributed by atoms with Crippen molar-refractivity contribution in [3.8, 4) is 11.5 Å². The standard InChI is InChI=1S/C35H39N3O4S/c1-9-37(10-2)34(40)30-22(6)36-35-38(32(30)31-25-14-12-11-13-23(25)15-16-27(31)41-7)33(39)29(43-35)19-24-18-26(20(3)4)28(42-8)17-21(24)5/h11-20,32H,9-10H2,1-8H3/b29-19+/t32-/m0/s1. The van der Waals surface area contributed by atoms with Crippen LogP contribution >= 0.6 is 11.3 Å². The zero-order valence-corrected chi connectivity index (χ0v) is 27.0. The molecule has 0 bridgehead atoms. The Labute approximate surface area is 256 Å². The van der Waals surface area contributed by atoms with Crippen LogP contribution in [0.25, 0.3) is 16.8 Å². The average molecular weight is 598 g/mol.